The Labute approximate surface area is 114 Å². The molecule has 0 saturated heterocycles. The van der Waals surface area contributed by atoms with Crippen LogP contribution in [0.3, 0.4) is 0 Å². The molecule has 1 unspecified atom stereocenters. The van der Waals surface area contributed by atoms with Gasteiger partial charge in [0.2, 0.25) is 0 Å². The number of rotatable bonds is 1. The van der Waals surface area contributed by atoms with Crippen LogP contribution in [0, 0.1) is 0 Å². The molecular formula is C13H15BrN2O2. The SMILES string of the molecule is COc1ccc(Br)c2c1CCC1(COC(N)=N1)C2. The van der Waals surface area contributed by atoms with E-state index in [1.165, 1.54) is 11.1 Å². The van der Waals surface area contributed by atoms with Crippen molar-refractivity contribution in [3.8, 4) is 5.75 Å². The van der Waals surface area contributed by atoms with Crippen molar-refractivity contribution in [3.63, 3.8) is 0 Å². The summed E-state index contributed by atoms with van der Waals surface area (Å²) in [4.78, 5) is 4.49. The van der Waals surface area contributed by atoms with E-state index in [0.29, 0.717) is 12.6 Å². The van der Waals surface area contributed by atoms with Gasteiger partial charge in [-0.25, -0.2) is 4.99 Å². The van der Waals surface area contributed by atoms with Gasteiger partial charge in [0.15, 0.2) is 0 Å². The first kappa shape index (κ1) is 11.8. The Balaban J connectivity index is 2.03. The van der Waals surface area contributed by atoms with Gasteiger partial charge in [0.05, 0.1) is 7.11 Å². The Morgan fingerprint density at radius 2 is 2.28 bits per heavy atom. The fourth-order valence-electron chi connectivity index (χ4n) is 2.80. The third kappa shape index (κ3) is 1.77. The number of aliphatic imine (C=N–C) groups is 1. The number of benzene rings is 1. The van der Waals surface area contributed by atoms with E-state index >= 15 is 0 Å². The second-order valence-electron chi connectivity index (χ2n) is 4.85. The summed E-state index contributed by atoms with van der Waals surface area (Å²) in [6, 6.07) is 4.35. The zero-order valence-corrected chi connectivity index (χ0v) is 11.8. The first-order valence-corrected chi connectivity index (χ1v) is 6.75. The largest absolute Gasteiger partial charge is 0.496 e. The molecule has 0 amide bonds. The Kier molecular flexibility index (Phi) is 2.73. The van der Waals surface area contributed by atoms with Crippen molar-refractivity contribution in [2.45, 2.75) is 24.8 Å². The van der Waals surface area contributed by atoms with E-state index in [1.54, 1.807) is 7.11 Å². The van der Waals surface area contributed by atoms with Crippen LogP contribution >= 0.6 is 15.9 Å². The minimum Gasteiger partial charge on any atom is -0.496 e. The molecule has 2 aliphatic rings. The first-order chi connectivity index (χ1) is 8.63. The maximum atomic E-state index is 5.65. The van der Waals surface area contributed by atoms with Crippen molar-refractivity contribution < 1.29 is 9.47 Å². The molecule has 1 aliphatic heterocycles. The first-order valence-electron chi connectivity index (χ1n) is 5.96. The number of hydrogen-bond donors (Lipinski definition) is 1. The number of fused-ring (bicyclic) bond motifs is 1. The van der Waals surface area contributed by atoms with Crippen LogP contribution in [0.5, 0.6) is 5.75 Å². The normalized spacial score (nSPS) is 25.6. The van der Waals surface area contributed by atoms with Crippen molar-refractivity contribution in [1.29, 1.82) is 0 Å². The van der Waals surface area contributed by atoms with Crippen LogP contribution in [-0.4, -0.2) is 25.3 Å². The van der Waals surface area contributed by atoms with Gasteiger partial charge in [-0.15, -0.1) is 0 Å². The number of methoxy groups -OCH3 is 1. The molecule has 0 aromatic heterocycles. The molecule has 1 aromatic carbocycles. The maximum Gasteiger partial charge on any atom is 0.282 e. The van der Waals surface area contributed by atoms with E-state index in [2.05, 4.69) is 20.9 Å². The highest BCUT2D eigenvalue weighted by Crippen LogP contribution is 2.41. The Morgan fingerprint density at radius 3 is 2.94 bits per heavy atom. The predicted molar refractivity (Wildman–Crippen MR) is 73.0 cm³/mol. The molecule has 0 saturated carbocycles. The van der Waals surface area contributed by atoms with Crippen molar-refractivity contribution >= 4 is 22.0 Å². The third-order valence-electron chi connectivity index (χ3n) is 3.73. The molecule has 18 heavy (non-hydrogen) atoms. The van der Waals surface area contributed by atoms with Crippen molar-refractivity contribution in [3.05, 3.63) is 27.7 Å². The fourth-order valence-corrected chi connectivity index (χ4v) is 3.31. The fraction of sp³-hybridized carbons (Fsp3) is 0.462. The number of amidine groups is 1. The van der Waals surface area contributed by atoms with Crippen LogP contribution in [0.15, 0.2) is 21.6 Å². The maximum absolute atomic E-state index is 5.65. The van der Waals surface area contributed by atoms with Gasteiger partial charge in [0.25, 0.3) is 6.02 Å². The molecule has 1 aromatic rings. The van der Waals surface area contributed by atoms with E-state index in [1.807, 2.05) is 12.1 Å². The average Bonchev–Trinajstić information content (AvgIpc) is 2.72. The lowest BCUT2D eigenvalue weighted by atomic mass is 9.78. The predicted octanol–water partition coefficient (Wildman–Crippen LogP) is 2.03. The van der Waals surface area contributed by atoms with E-state index in [-0.39, 0.29) is 5.54 Å². The van der Waals surface area contributed by atoms with Gasteiger partial charge in [-0.1, -0.05) is 15.9 Å². The zero-order chi connectivity index (χ0) is 12.8. The molecule has 3 rings (SSSR count). The molecule has 1 atom stereocenters. The Hall–Kier alpha value is -1.23. The average molecular weight is 311 g/mol. The van der Waals surface area contributed by atoms with Gasteiger partial charge >= 0.3 is 0 Å². The summed E-state index contributed by atoms with van der Waals surface area (Å²) in [7, 11) is 1.71. The number of hydrogen-bond acceptors (Lipinski definition) is 4. The molecule has 4 nitrogen and oxygen atoms in total. The highest BCUT2D eigenvalue weighted by Gasteiger charge is 2.40. The zero-order valence-electron chi connectivity index (χ0n) is 10.2. The number of nitrogens with zero attached hydrogens (tertiary/aromatic N) is 1. The third-order valence-corrected chi connectivity index (χ3v) is 4.48. The van der Waals surface area contributed by atoms with Crippen LogP contribution in [0.1, 0.15) is 17.5 Å². The second kappa shape index (κ2) is 4.16. The number of nitrogens with two attached hydrogens (primary N) is 1. The van der Waals surface area contributed by atoms with Crippen molar-refractivity contribution in [2.75, 3.05) is 13.7 Å². The topological polar surface area (TPSA) is 56.8 Å². The molecule has 96 valence electrons. The minimum absolute atomic E-state index is 0.175. The monoisotopic (exact) mass is 310 g/mol. The lowest BCUT2D eigenvalue weighted by Crippen LogP contribution is -2.35. The molecular weight excluding hydrogens is 296 g/mol. The van der Waals surface area contributed by atoms with Gasteiger partial charge in [-0.05, 0) is 36.1 Å². The lowest BCUT2D eigenvalue weighted by Gasteiger charge is -2.31. The van der Waals surface area contributed by atoms with Crippen molar-refractivity contribution in [2.24, 2.45) is 10.7 Å². The van der Waals surface area contributed by atoms with Crippen LogP contribution in [0.25, 0.3) is 0 Å². The standard InChI is InChI=1S/C13H15BrN2O2/c1-17-11-3-2-10(14)9-6-13(5-4-8(9)11)7-18-12(15)16-13/h2-3H,4-7H2,1H3,(H2,15,16). The quantitative estimate of drug-likeness (QED) is 0.863. The summed E-state index contributed by atoms with van der Waals surface area (Å²) in [6.07, 6.45) is 2.74. The smallest absolute Gasteiger partial charge is 0.282 e. The minimum atomic E-state index is -0.175. The highest BCUT2D eigenvalue weighted by atomic mass is 79.9. The number of ether oxygens (including phenoxy) is 2. The van der Waals surface area contributed by atoms with E-state index in [9.17, 15) is 0 Å². The molecule has 0 bridgehead atoms. The molecule has 5 heteroatoms. The summed E-state index contributed by atoms with van der Waals surface area (Å²) in [5.74, 6) is 0.957. The van der Waals surface area contributed by atoms with Crippen molar-refractivity contribution in [1.82, 2.24) is 0 Å². The van der Waals surface area contributed by atoms with E-state index < -0.39 is 0 Å². The molecule has 1 heterocycles. The van der Waals surface area contributed by atoms with Gasteiger partial charge < -0.3 is 15.2 Å². The summed E-state index contributed by atoms with van der Waals surface area (Å²) >= 11 is 3.61. The van der Waals surface area contributed by atoms with Crippen LogP contribution in [-0.2, 0) is 17.6 Å². The summed E-state index contributed by atoms with van der Waals surface area (Å²) in [5.41, 5.74) is 8.01. The lowest BCUT2D eigenvalue weighted by molar-refractivity contribution is 0.233. The molecule has 0 radical (unpaired) electrons. The van der Waals surface area contributed by atoms with Crippen LogP contribution in [0.4, 0.5) is 0 Å². The summed E-state index contributed by atoms with van der Waals surface area (Å²) in [5, 5.41) is 0. The molecule has 2 N–H and O–H groups in total. The van der Waals surface area contributed by atoms with Gasteiger partial charge in [0.1, 0.15) is 17.9 Å². The van der Waals surface area contributed by atoms with Crippen LogP contribution in [0.2, 0.25) is 0 Å². The Morgan fingerprint density at radius 1 is 1.44 bits per heavy atom. The van der Waals surface area contributed by atoms with E-state index in [4.69, 9.17) is 15.2 Å². The second-order valence-corrected chi connectivity index (χ2v) is 5.70. The number of halogens is 1. The highest BCUT2D eigenvalue weighted by molar-refractivity contribution is 9.10. The molecule has 1 spiro atoms. The molecule has 0 fully saturated rings. The van der Waals surface area contributed by atoms with Gasteiger partial charge in [0, 0.05) is 10.9 Å². The molecule has 1 aliphatic carbocycles. The van der Waals surface area contributed by atoms with Gasteiger partial charge in [-0.3, -0.25) is 0 Å². The van der Waals surface area contributed by atoms with Crippen LogP contribution < -0.4 is 10.5 Å². The summed E-state index contributed by atoms with van der Waals surface area (Å²) in [6.45, 7) is 0.585. The van der Waals surface area contributed by atoms with Gasteiger partial charge in [-0.2, -0.15) is 0 Å². The van der Waals surface area contributed by atoms with E-state index in [0.717, 1.165) is 29.5 Å². The Bertz CT molecular complexity index is 530. The summed E-state index contributed by atoms with van der Waals surface area (Å²) < 4.78 is 11.9.